The molecule has 0 unspecified atom stereocenters. The predicted molar refractivity (Wildman–Crippen MR) is 62.4 cm³/mol. The second kappa shape index (κ2) is 6.40. The SMILES string of the molecule is C=C(COc1ccc(C#N)cc1F)C(=O)OCC. The van der Waals surface area contributed by atoms with E-state index in [2.05, 4.69) is 6.58 Å². The number of carbonyl (C=O) groups excluding carboxylic acids is 1. The first kappa shape index (κ1) is 13.7. The monoisotopic (exact) mass is 249 g/mol. The van der Waals surface area contributed by atoms with Crippen molar-refractivity contribution in [1.82, 2.24) is 0 Å². The molecular weight excluding hydrogens is 237 g/mol. The van der Waals surface area contributed by atoms with Crippen molar-refractivity contribution in [3.05, 3.63) is 41.7 Å². The fraction of sp³-hybridized carbons (Fsp3) is 0.231. The molecule has 0 aliphatic carbocycles. The highest BCUT2D eigenvalue weighted by atomic mass is 19.1. The largest absolute Gasteiger partial charge is 0.486 e. The van der Waals surface area contributed by atoms with Gasteiger partial charge in [0.05, 0.1) is 23.8 Å². The van der Waals surface area contributed by atoms with Gasteiger partial charge in [0, 0.05) is 0 Å². The van der Waals surface area contributed by atoms with E-state index in [9.17, 15) is 9.18 Å². The van der Waals surface area contributed by atoms with Crippen molar-refractivity contribution in [2.24, 2.45) is 0 Å². The first-order valence-corrected chi connectivity index (χ1v) is 5.25. The van der Waals surface area contributed by atoms with Gasteiger partial charge in [0.25, 0.3) is 0 Å². The van der Waals surface area contributed by atoms with Crippen molar-refractivity contribution >= 4 is 5.97 Å². The van der Waals surface area contributed by atoms with Gasteiger partial charge in [-0.3, -0.25) is 0 Å². The number of hydrogen-bond donors (Lipinski definition) is 0. The summed E-state index contributed by atoms with van der Waals surface area (Å²) in [6.07, 6.45) is 0. The van der Waals surface area contributed by atoms with Crippen molar-refractivity contribution in [3.8, 4) is 11.8 Å². The Labute approximate surface area is 104 Å². The van der Waals surface area contributed by atoms with Crippen LogP contribution < -0.4 is 4.74 Å². The van der Waals surface area contributed by atoms with Crippen LogP contribution in [0.15, 0.2) is 30.4 Å². The molecule has 0 aliphatic rings. The Morgan fingerprint density at radius 3 is 2.83 bits per heavy atom. The molecule has 94 valence electrons. The van der Waals surface area contributed by atoms with E-state index < -0.39 is 11.8 Å². The minimum atomic E-state index is -0.661. The molecule has 0 bridgehead atoms. The number of benzene rings is 1. The van der Waals surface area contributed by atoms with E-state index in [4.69, 9.17) is 14.7 Å². The van der Waals surface area contributed by atoms with E-state index in [0.717, 1.165) is 6.07 Å². The number of halogens is 1. The van der Waals surface area contributed by atoms with Crippen molar-refractivity contribution in [3.63, 3.8) is 0 Å². The van der Waals surface area contributed by atoms with Crippen molar-refractivity contribution < 1.29 is 18.7 Å². The summed E-state index contributed by atoms with van der Waals surface area (Å²) >= 11 is 0. The van der Waals surface area contributed by atoms with Crippen LogP contribution in [-0.2, 0) is 9.53 Å². The van der Waals surface area contributed by atoms with Crippen LogP contribution in [0.5, 0.6) is 5.75 Å². The molecule has 1 aromatic carbocycles. The standard InChI is InChI=1S/C13H12FNO3/c1-3-17-13(16)9(2)8-18-12-5-4-10(7-15)6-11(12)14/h4-6H,2-3,8H2,1H3. The van der Waals surface area contributed by atoms with Gasteiger partial charge >= 0.3 is 5.97 Å². The van der Waals surface area contributed by atoms with Crippen LogP contribution in [0.1, 0.15) is 12.5 Å². The Bertz CT molecular complexity index is 505. The summed E-state index contributed by atoms with van der Waals surface area (Å²) in [6.45, 7) is 5.22. The van der Waals surface area contributed by atoms with Gasteiger partial charge in [-0.25, -0.2) is 9.18 Å². The third-order valence-electron chi connectivity index (χ3n) is 2.03. The van der Waals surface area contributed by atoms with Crippen LogP contribution in [0.3, 0.4) is 0 Å². The van der Waals surface area contributed by atoms with Crippen LogP contribution in [-0.4, -0.2) is 19.2 Å². The third kappa shape index (κ3) is 3.59. The second-order valence-electron chi connectivity index (χ2n) is 3.37. The molecule has 0 spiro atoms. The zero-order valence-electron chi connectivity index (χ0n) is 9.90. The fourth-order valence-electron chi connectivity index (χ4n) is 1.14. The summed E-state index contributed by atoms with van der Waals surface area (Å²) in [4.78, 5) is 11.2. The van der Waals surface area contributed by atoms with E-state index in [1.165, 1.54) is 12.1 Å². The van der Waals surface area contributed by atoms with E-state index in [-0.39, 0.29) is 30.1 Å². The number of nitriles is 1. The van der Waals surface area contributed by atoms with Gasteiger partial charge in [0.15, 0.2) is 11.6 Å². The topological polar surface area (TPSA) is 59.3 Å². The van der Waals surface area contributed by atoms with Crippen LogP contribution in [0, 0.1) is 17.1 Å². The van der Waals surface area contributed by atoms with E-state index in [1.807, 2.05) is 6.07 Å². The Balaban J connectivity index is 2.62. The Morgan fingerprint density at radius 2 is 2.28 bits per heavy atom. The van der Waals surface area contributed by atoms with Gasteiger partial charge < -0.3 is 9.47 Å². The van der Waals surface area contributed by atoms with E-state index >= 15 is 0 Å². The van der Waals surface area contributed by atoms with Gasteiger partial charge in [0.1, 0.15) is 6.61 Å². The molecule has 1 rings (SSSR count). The molecule has 0 heterocycles. The first-order chi connectivity index (χ1) is 8.58. The summed E-state index contributed by atoms with van der Waals surface area (Å²) in [5.74, 6) is -1.28. The molecule has 0 N–H and O–H groups in total. The van der Waals surface area contributed by atoms with Crippen molar-refractivity contribution in [2.75, 3.05) is 13.2 Å². The van der Waals surface area contributed by atoms with Crippen LogP contribution >= 0.6 is 0 Å². The van der Waals surface area contributed by atoms with Crippen molar-refractivity contribution in [1.29, 1.82) is 5.26 Å². The van der Waals surface area contributed by atoms with Crippen LogP contribution in [0.25, 0.3) is 0 Å². The molecule has 0 amide bonds. The molecule has 0 aromatic heterocycles. The number of hydrogen-bond acceptors (Lipinski definition) is 4. The van der Waals surface area contributed by atoms with E-state index in [0.29, 0.717) is 0 Å². The number of carbonyl (C=O) groups is 1. The number of rotatable bonds is 5. The molecule has 0 saturated carbocycles. The Kier molecular flexibility index (Phi) is 4.88. The summed E-state index contributed by atoms with van der Waals surface area (Å²) in [5.41, 5.74) is 0.296. The van der Waals surface area contributed by atoms with Gasteiger partial charge in [-0.15, -0.1) is 0 Å². The minimum absolute atomic E-state index is 0.0422. The zero-order chi connectivity index (χ0) is 13.5. The molecule has 0 atom stereocenters. The highest BCUT2D eigenvalue weighted by Crippen LogP contribution is 2.18. The normalized spacial score (nSPS) is 9.39. The molecule has 4 nitrogen and oxygen atoms in total. The van der Waals surface area contributed by atoms with Gasteiger partial charge in [-0.2, -0.15) is 5.26 Å². The molecule has 1 aromatic rings. The maximum atomic E-state index is 13.4. The summed E-state index contributed by atoms with van der Waals surface area (Å²) < 4.78 is 23.2. The number of esters is 1. The van der Waals surface area contributed by atoms with Crippen LogP contribution in [0.4, 0.5) is 4.39 Å². The highest BCUT2D eigenvalue weighted by Gasteiger charge is 2.10. The average Bonchev–Trinajstić information content (AvgIpc) is 2.37. The molecule has 0 saturated heterocycles. The molecule has 0 fully saturated rings. The lowest BCUT2D eigenvalue weighted by Gasteiger charge is -2.08. The van der Waals surface area contributed by atoms with E-state index in [1.54, 1.807) is 6.92 Å². The van der Waals surface area contributed by atoms with Gasteiger partial charge in [-0.05, 0) is 25.1 Å². The fourth-order valence-corrected chi connectivity index (χ4v) is 1.14. The summed E-state index contributed by atoms with van der Waals surface area (Å²) in [7, 11) is 0. The smallest absolute Gasteiger partial charge is 0.336 e. The molecule has 18 heavy (non-hydrogen) atoms. The zero-order valence-corrected chi connectivity index (χ0v) is 9.90. The third-order valence-corrected chi connectivity index (χ3v) is 2.03. The predicted octanol–water partition coefficient (Wildman–Crippen LogP) is 2.20. The maximum absolute atomic E-state index is 13.4. The summed E-state index contributed by atoms with van der Waals surface area (Å²) in [6, 6.07) is 5.61. The van der Waals surface area contributed by atoms with Gasteiger partial charge in [-0.1, -0.05) is 6.58 Å². The lowest BCUT2D eigenvalue weighted by Crippen LogP contribution is -2.13. The lowest BCUT2D eigenvalue weighted by molar-refractivity contribution is -0.138. The lowest BCUT2D eigenvalue weighted by atomic mass is 10.2. The Hall–Kier alpha value is -2.35. The quantitative estimate of drug-likeness (QED) is 0.593. The maximum Gasteiger partial charge on any atom is 0.336 e. The summed E-state index contributed by atoms with van der Waals surface area (Å²) in [5, 5.41) is 8.57. The molecule has 5 heteroatoms. The van der Waals surface area contributed by atoms with Crippen LogP contribution in [0.2, 0.25) is 0 Å². The average molecular weight is 249 g/mol. The number of ether oxygens (including phenoxy) is 2. The second-order valence-corrected chi connectivity index (χ2v) is 3.37. The molecule has 0 aliphatic heterocycles. The highest BCUT2D eigenvalue weighted by molar-refractivity contribution is 5.88. The number of nitrogens with zero attached hydrogens (tertiary/aromatic N) is 1. The van der Waals surface area contributed by atoms with Gasteiger partial charge in [0.2, 0.25) is 0 Å². The molecule has 0 radical (unpaired) electrons. The first-order valence-electron chi connectivity index (χ1n) is 5.25. The minimum Gasteiger partial charge on any atom is -0.486 e. The van der Waals surface area contributed by atoms with Crippen molar-refractivity contribution in [2.45, 2.75) is 6.92 Å². The Morgan fingerprint density at radius 1 is 1.56 bits per heavy atom. The molecular formula is C13H12FNO3.